The fourth-order valence-electron chi connectivity index (χ4n) is 3.47. The molecule has 3 rings (SSSR count). The Morgan fingerprint density at radius 1 is 0.972 bits per heavy atom. The van der Waals surface area contributed by atoms with Gasteiger partial charge >= 0.3 is 18.2 Å². The lowest BCUT2D eigenvalue weighted by Gasteiger charge is -2.14. The first-order valence-corrected chi connectivity index (χ1v) is 10.9. The van der Waals surface area contributed by atoms with E-state index in [1.54, 1.807) is 37.3 Å². The lowest BCUT2D eigenvalue weighted by atomic mass is 9.99. The molecule has 190 valence electrons. The summed E-state index contributed by atoms with van der Waals surface area (Å²) in [6.07, 6.45) is -5.79. The smallest absolute Gasteiger partial charge is 0.419 e. The molecule has 0 saturated carbocycles. The lowest BCUT2D eigenvalue weighted by Crippen LogP contribution is -2.24. The standard InChI is InChI=1S/C26H23F4NO5/c1-2-35-23-9-7-19(18-5-3-4-16(10-18)12-24(32)33)13-20(23)14-31-25(34)36-15-17-6-8-21(22(27)11-17)26(28,29)30/h3-11,13H,2,12,14-15H2,1H3,(H,31,34)(H,32,33). The van der Waals surface area contributed by atoms with Crippen LogP contribution < -0.4 is 10.1 Å². The average molecular weight is 505 g/mol. The zero-order valence-electron chi connectivity index (χ0n) is 19.2. The van der Waals surface area contributed by atoms with E-state index in [1.165, 1.54) is 0 Å². The van der Waals surface area contributed by atoms with Crippen LogP contribution in [0.1, 0.15) is 29.2 Å². The highest BCUT2D eigenvalue weighted by Gasteiger charge is 2.33. The maximum absolute atomic E-state index is 13.7. The number of alkyl halides is 3. The number of carbonyl (C=O) groups excluding carboxylic acids is 1. The van der Waals surface area contributed by atoms with Crippen LogP contribution in [0.25, 0.3) is 11.1 Å². The molecule has 0 aliphatic carbocycles. The van der Waals surface area contributed by atoms with Gasteiger partial charge < -0.3 is 19.9 Å². The largest absolute Gasteiger partial charge is 0.494 e. The van der Waals surface area contributed by atoms with E-state index in [9.17, 15) is 27.2 Å². The van der Waals surface area contributed by atoms with Crippen molar-refractivity contribution in [2.24, 2.45) is 0 Å². The monoisotopic (exact) mass is 505 g/mol. The first-order chi connectivity index (χ1) is 17.1. The van der Waals surface area contributed by atoms with Crippen LogP contribution in [0, 0.1) is 5.82 Å². The topological polar surface area (TPSA) is 84.9 Å². The van der Waals surface area contributed by atoms with Gasteiger partial charge in [0.1, 0.15) is 18.2 Å². The molecule has 3 aromatic carbocycles. The normalized spacial score (nSPS) is 11.1. The Morgan fingerprint density at radius 2 is 1.72 bits per heavy atom. The number of alkyl carbamates (subject to hydrolysis) is 1. The van der Waals surface area contributed by atoms with Crippen molar-refractivity contribution in [3.63, 3.8) is 0 Å². The number of rotatable bonds is 9. The van der Waals surface area contributed by atoms with Gasteiger partial charge in [0.2, 0.25) is 0 Å². The Morgan fingerprint density at radius 3 is 2.39 bits per heavy atom. The van der Waals surface area contributed by atoms with Crippen LogP contribution in [-0.2, 0) is 35.3 Å². The van der Waals surface area contributed by atoms with Crippen molar-refractivity contribution < 1.29 is 41.7 Å². The van der Waals surface area contributed by atoms with Gasteiger partial charge in [-0.15, -0.1) is 0 Å². The van der Waals surface area contributed by atoms with E-state index in [0.29, 0.717) is 35.6 Å². The van der Waals surface area contributed by atoms with Gasteiger partial charge in [-0.2, -0.15) is 13.2 Å². The second kappa shape index (κ2) is 11.6. The Labute approximate surface area is 204 Å². The molecule has 0 radical (unpaired) electrons. The molecule has 0 bridgehead atoms. The van der Waals surface area contributed by atoms with Crippen LogP contribution in [0.3, 0.4) is 0 Å². The summed E-state index contributed by atoms with van der Waals surface area (Å²) in [4.78, 5) is 23.2. The predicted octanol–water partition coefficient (Wildman–Crippen LogP) is 5.96. The van der Waals surface area contributed by atoms with Crippen molar-refractivity contribution in [3.8, 4) is 16.9 Å². The van der Waals surface area contributed by atoms with E-state index in [-0.39, 0.29) is 18.5 Å². The number of amides is 1. The highest BCUT2D eigenvalue weighted by Crippen LogP contribution is 2.32. The first-order valence-electron chi connectivity index (χ1n) is 10.9. The number of carboxylic acids is 1. The molecule has 0 saturated heterocycles. The number of benzene rings is 3. The van der Waals surface area contributed by atoms with Crippen LogP contribution in [0.15, 0.2) is 60.7 Å². The summed E-state index contributed by atoms with van der Waals surface area (Å²) >= 11 is 0. The molecule has 0 spiro atoms. The van der Waals surface area contributed by atoms with Crippen molar-refractivity contribution in [2.75, 3.05) is 6.61 Å². The first kappa shape index (κ1) is 26.5. The number of aliphatic carboxylic acids is 1. The molecular formula is C26H23F4NO5. The summed E-state index contributed by atoms with van der Waals surface area (Å²) in [5.41, 5.74) is 1.48. The van der Waals surface area contributed by atoms with Crippen LogP contribution in [0.5, 0.6) is 5.75 Å². The fraction of sp³-hybridized carbons (Fsp3) is 0.231. The zero-order chi connectivity index (χ0) is 26.3. The summed E-state index contributed by atoms with van der Waals surface area (Å²) in [5.74, 6) is -1.87. The molecule has 36 heavy (non-hydrogen) atoms. The minimum Gasteiger partial charge on any atom is -0.494 e. The molecule has 0 atom stereocenters. The minimum absolute atomic E-state index is 0.0121. The number of ether oxygens (including phenoxy) is 2. The van der Waals surface area contributed by atoms with Gasteiger partial charge in [-0.3, -0.25) is 4.79 Å². The highest BCUT2D eigenvalue weighted by atomic mass is 19.4. The molecule has 0 unspecified atom stereocenters. The summed E-state index contributed by atoms with van der Waals surface area (Å²) in [6.45, 7) is 1.77. The fourth-order valence-corrected chi connectivity index (χ4v) is 3.47. The summed E-state index contributed by atoms with van der Waals surface area (Å²) < 4.78 is 62.4. The molecule has 0 heterocycles. The molecule has 3 aromatic rings. The number of hydrogen-bond donors (Lipinski definition) is 2. The van der Waals surface area contributed by atoms with Crippen molar-refractivity contribution in [2.45, 2.75) is 32.7 Å². The zero-order valence-corrected chi connectivity index (χ0v) is 19.2. The summed E-state index contributed by atoms with van der Waals surface area (Å²) in [7, 11) is 0. The van der Waals surface area contributed by atoms with Gasteiger partial charge in [0.05, 0.1) is 18.6 Å². The second-order valence-electron chi connectivity index (χ2n) is 7.77. The molecule has 0 aromatic heterocycles. The highest BCUT2D eigenvalue weighted by molar-refractivity contribution is 5.73. The van der Waals surface area contributed by atoms with Gasteiger partial charge in [0.25, 0.3) is 0 Å². The molecule has 1 amide bonds. The minimum atomic E-state index is -4.81. The summed E-state index contributed by atoms with van der Waals surface area (Å²) in [6, 6.07) is 14.7. The molecule has 0 aliphatic rings. The molecular weight excluding hydrogens is 482 g/mol. The van der Waals surface area contributed by atoms with E-state index in [1.807, 2.05) is 12.1 Å². The molecule has 0 fully saturated rings. The molecule has 6 nitrogen and oxygen atoms in total. The number of carboxylic acid groups (broad SMARTS) is 1. The molecule has 10 heteroatoms. The maximum atomic E-state index is 13.7. The van der Waals surface area contributed by atoms with E-state index in [0.717, 1.165) is 17.2 Å². The number of halogens is 4. The van der Waals surface area contributed by atoms with Gasteiger partial charge in [-0.25, -0.2) is 9.18 Å². The summed E-state index contributed by atoms with van der Waals surface area (Å²) in [5, 5.41) is 11.6. The number of carbonyl (C=O) groups is 2. The lowest BCUT2D eigenvalue weighted by molar-refractivity contribution is -0.140. The predicted molar refractivity (Wildman–Crippen MR) is 123 cm³/mol. The number of nitrogens with one attached hydrogen (secondary N) is 1. The van der Waals surface area contributed by atoms with Crippen molar-refractivity contribution in [3.05, 3.63) is 88.7 Å². The van der Waals surface area contributed by atoms with E-state index >= 15 is 0 Å². The molecule has 2 N–H and O–H groups in total. The van der Waals surface area contributed by atoms with E-state index in [4.69, 9.17) is 14.6 Å². The van der Waals surface area contributed by atoms with Gasteiger partial charge in [0.15, 0.2) is 0 Å². The van der Waals surface area contributed by atoms with Crippen molar-refractivity contribution in [1.82, 2.24) is 5.32 Å². The van der Waals surface area contributed by atoms with Gasteiger partial charge in [-0.05, 0) is 53.4 Å². The van der Waals surface area contributed by atoms with Gasteiger partial charge in [0, 0.05) is 12.1 Å². The quantitative estimate of drug-likeness (QED) is 0.351. The van der Waals surface area contributed by atoms with Crippen LogP contribution >= 0.6 is 0 Å². The SMILES string of the molecule is CCOc1ccc(-c2cccc(CC(=O)O)c2)cc1CNC(=O)OCc1ccc(C(F)(F)F)c(F)c1. The Bertz CT molecular complexity index is 1240. The Kier molecular flexibility index (Phi) is 8.52. The third kappa shape index (κ3) is 7.21. The van der Waals surface area contributed by atoms with Crippen LogP contribution in [-0.4, -0.2) is 23.8 Å². The van der Waals surface area contributed by atoms with Crippen LogP contribution in [0.4, 0.5) is 22.4 Å². The number of hydrogen-bond acceptors (Lipinski definition) is 4. The van der Waals surface area contributed by atoms with Crippen molar-refractivity contribution >= 4 is 12.1 Å². The van der Waals surface area contributed by atoms with E-state index < -0.39 is 36.2 Å². The average Bonchev–Trinajstić information content (AvgIpc) is 2.81. The maximum Gasteiger partial charge on any atom is 0.419 e. The van der Waals surface area contributed by atoms with E-state index in [2.05, 4.69) is 5.32 Å². The Hall–Kier alpha value is -4.08. The third-order valence-electron chi connectivity index (χ3n) is 5.11. The third-order valence-corrected chi connectivity index (χ3v) is 5.11. The Balaban J connectivity index is 1.68. The van der Waals surface area contributed by atoms with Crippen molar-refractivity contribution in [1.29, 1.82) is 0 Å². The van der Waals surface area contributed by atoms with Gasteiger partial charge in [-0.1, -0.05) is 36.4 Å². The van der Waals surface area contributed by atoms with Crippen LogP contribution in [0.2, 0.25) is 0 Å². The molecule has 0 aliphatic heterocycles. The second-order valence-corrected chi connectivity index (χ2v) is 7.77.